The Hall–Kier alpha value is -3.91. The maximum absolute atomic E-state index is 12.5. The standard InChI is InChI=1S/C25H23N3O4S/c29-24(15-8-16-25-26-18-23(32-25)19-9-3-1-4-10-19)27-20-11-7-12-21(17-20)28-33(30,31)22-13-5-2-6-14-22/h1-7,9-14,17-18,28H,8,15-16H2,(H,27,29). The van der Waals surface area contributed by atoms with E-state index in [9.17, 15) is 13.2 Å². The van der Waals surface area contributed by atoms with Crippen molar-refractivity contribution in [2.24, 2.45) is 0 Å². The van der Waals surface area contributed by atoms with E-state index in [1.54, 1.807) is 48.7 Å². The van der Waals surface area contributed by atoms with Crippen LogP contribution in [0.15, 0.2) is 100 Å². The van der Waals surface area contributed by atoms with Crippen molar-refractivity contribution in [3.63, 3.8) is 0 Å². The molecule has 4 aromatic rings. The fraction of sp³-hybridized carbons (Fsp3) is 0.120. The Labute approximate surface area is 192 Å². The predicted octanol–water partition coefficient (Wildman–Crippen LogP) is 5.10. The molecule has 0 bridgehead atoms. The molecule has 4 rings (SSSR count). The number of oxazole rings is 1. The van der Waals surface area contributed by atoms with Crippen LogP contribution < -0.4 is 10.0 Å². The van der Waals surface area contributed by atoms with Crippen LogP contribution in [0, 0.1) is 0 Å². The molecule has 7 nitrogen and oxygen atoms in total. The Morgan fingerprint density at radius 3 is 2.33 bits per heavy atom. The second-order valence-corrected chi connectivity index (χ2v) is 9.07. The number of aryl methyl sites for hydroxylation is 1. The van der Waals surface area contributed by atoms with Crippen molar-refractivity contribution < 1.29 is 17.6 Å². The van der Waals surface area contributed by atoms with Crippen molar-refractivity contribution >= 4 is 27.3 Å². The van der Waals surface area contributed by atoms with Gasteiger partial charge in [0, 0.05) is 24.1 Å². The number of aromatic nitrogens is 1. The molecule has 3 aromatic carbocycles. The van der Waals surface area contributed by atoms with Crippen molar-refractivity contribution in [2.45, 2.75) is 24.2 Å². The van der Waals surface area contributed by atoms with Gasteiger partial charge in [-0.1, -0.05) is 54.6 Å². The van der Waals surface area contributed by atoms with Gasteiger partial charge in [0.25, 0.3) is 10.0 Å². The lowest BCUT2D eigenvalue weighted by molar-refractivity contribution is -0.116. The molecule has 1 amide bonds. The first-order chi connectivity index (χ1) is 16.0. The van der Waals surface area contributed by atoms with Gasteiger partial charge in [0.05, 0.1) is 16.8 Å². The van der Waals surface area contributed by atoms with Crippen molar-refractivity contribution in [3.8, 4) is 11.3 Å². The first kappa shape index (κ1) is 22.3. The molecule has 1 aromatic heterocycles. The molecule has 0 spiro atoms. The third-order valence-electron chi connectivity index (χ3n) is 4.86. The fourth-order valence-corrected chi connectivity index (χ4v) is 4.33. The highest BCUT2D eigenvalue weighted by atomic mass is 32.2. The zero-order chi connectivity index (χ0) is 23.1. The summed E-state index contributed by atoms with van der Waals surface area (Å²) in [4.78, 5) is 16.8. The lowest BCUT2D eigenvalue weighted by Crippen LogP contribution is -2.14. The van der Waals surface area contributed by atoms with Gasteiger partial charge in [-0.25, -0.2) is 13.4 Å². The minimum atomic E-state index is -3.70. The number of amides is 1. The summed E-state index contributed by atoms with van der Waals surface area (Å²) in [6.45, 7) is 0. The molecule has 8 heteroatoms. The zero-order valence-electron chi connectivity index (χ0n) is 17.8. The van der Waals surface area contributed by atoms with Crippen LogP contribution in [0.2, 0.25) is 0 Å². The van der Waals surface area contributed by atoms with E-state index < -0.39 is 10.0 Å². The highest BCUT2D eigenvalue weighted by Gasteiger charge is 2.14. The lowest BCUT2D eigenvalue weighted by atomic mass is 10.2. The Bertz CT molecular complexity index is 1320. The average molecular weight is 462 g/mol. The molecule has 0 radical (unpaired) electrons. The monoisotopic (exact) mass is 461 g/mol. The van der Waals surface area contributed by atoms with E-state index in [4.69, 9.17) is 4.42 Å². The first-order valence-electron chi connectivity index (χ1n) is 10.5. The summed E-state index contributed by atoms with van der Waals surface area (Å²) in [6, 6.07) is 24.4. The third kappa shape index (κ3) is 6.08. The molecule has 0 saturated carbocycles. The van der Waals surface area contributed by atoms with Crippen LogP contribution in [0.5, 0.6) is 0 Å². The van der Waals surface area contributed by atoms with Crippen LogP contribution in [0.25, 0.3) is 11.3 Å². The van der Waals surface area contributed by atoms with Crippen molar-refractivity contribution in [2.75, 3.05) is 10.0 Å². The van der Waals surface area contributed by atoms with Crippen LogP contribution in [0.1, 0.15) is 18.7 Å². The van der Waals surface area contributed by atoms with Gasteiger partial charge < -0.3 is 9.73 Å². The van der Waals surface area contributed by atoms with E-state index in [0.29, 0.717) is 35.9 Å². The fourth-order valence-electron chi connectivity index (χ4n) is 3.26. The van der Waals surface area contributed by atoms with Crippen molar-refractivity contribution in [1.82, 2.24) is 4.98 Å². The minimum Gasteiger partial charge on any atom is -0.441 e. The second-order valence-electron chi connectivity index (χ2n) is 7.39. The molecular formula is C25H23N3O4S. The SMILES string of the molecule is O=C(CCCc1ncc(-c2ccccc2)o1)Nc1cccc(NS(=O)(=O)c2ccccc2)c1. The summed E-state index contributed by atoms with van der Waals surface area (Å²) in [7, 11) is -3.70. The molecule has 0 saturated heterocycles. The summed E-state index contributed by atoms with van der Waals surface area (Å²) < 4.78 is 33.3. The molecule has 0 aliphatic carbocycles. The number of nitrogens with one attached hydrogen (secondary N) is 2. The highest BCUT2D eigenvalue weighted by molar-refractivity contribution is 7.92. The summed E-state index contributed by atoms with van der Waals surface area (Å²) in [5.41, 5.74) is 1.83. The predicted molar refractivity (Wildman–Crippen MR) is 127 cm³/mol. The second kappa shape index (κ2) is 10.1. The van der Waals surface area contributed by atoms with E-state index in [1.807, 2.05) is 30.3 Å². The van der Waals surface area contributed by atoms with Crippen LogP contribution >= 0.6 is 0 Å². The summed E-state index contributed by atoms with van der Waals surface area (Å²) >= 11 is 0. The van der Waals surface area contributed by atoms with Crippen molar-refractivity contribution in [1.29, 1.82) is 0 Å². The zero-order valence-corrected chi connectivity index (χ0v) is 18.6. The lowest BCUT2D eigenvalue weighted by Gasteiger charge is -2.10. The molecule has 33 heavy (non-hydrogen) atoms. The molecular weight excluding hydrogens is 438 g/mol. The number of hydrogen-bond acceptors (Lipinski definition) is 5. The molecule has 1 heterocycles. The van der Waals surface area contributed by atoms with E-state index in [0.717, 1.165) is 5.56 Å². The van der Waals surface area contributed by atoms with Gasteiger partial charge in [0.1, 0.15) is 0 Å². The number of hydrogen-bond donors (Lipinski definition) is 2. The van der Waals surface area contributed by atoms with E-state index in [1.165, 1.54) is 12.1 Å². The first-order valence-corrected chi connectivity index (χ1v) is 12.0. The Balaban J connectivity index is 1.29. The van der Waals surface area contributed by atoms with Gasteiger partial charge in [-0.2, -0.15) is 0 Å². The minimum absolute atomic E-state index is 0.168. The maximum atomic E-state index is 12.5. The third-order valence-corrected chi connectivity index (χ3v) is 6.26. The largest absolute Gasteiger partial charge is 0.441 e. The van der Waals surface area contributed by atoms with Crippen LogP contribution in [0.3, 0.4) is 0 Å². The number of carbonyl (C=O) groups excluding carboxylic acids is 1. The van der Waals surface area contributed by atoms with Crippen LogP contribution in [-0.4, -0.2) is 19.3 Å². The van der Waals surface area contributed by atoms with Crippen molar-refractivity contribution in [3.05, 3.63) is 97.0 Å². The number of carbonyl (C=O) groups is 1. The summed E-state index contributed by atoms with van der Waals surface area (Å²) in [6.07, 6.45) is 3.08. The number of benzene rings is 3. The van der Waals surface area contributed by atoms with E-state index in [2.05, 4.69) is 15.0 Å². The van der Waals surface area contributed by atoms with Gasteiger partial charge >= 0.3 is 0 Å². The van der Waals surface area contributed by atoms with Gasteiger partial charge in [-0.15, -0.1) is 0 Å². The van der Waals surface area contributed by atoms with E-state index >= 15 is 0 Å². The van der Waals surface area contributed by atoms with Gasteiger partial charge in [-0.05, 0) is 36.8 Å². The normalized spacial score (nSPS) is 11.2. The quantitative estimate of drug-likeness (QED) is 0.361. The summed E-state index contributed by atoms with van der Waals surface area (Å²) in [5.74, 6) is 1.11. The molecule has 0 aliphatic rings. The number of rotatable bonds is 9. The Kier molecular flexibility index (Phi) is 6.85. The smallest absolute Gasteiger partial charge is 0.261 e. The maximum Gasteiger partial charge on any atom is 0.261 e. The molecule has 0 unspecified atom stereocenters. The molecule has 2 N–H and O–H groups in total. The van der Waals surface area contributed by atoms with E-state index in [-0.39, 0.29) is 17.2 Å². The van der Waals surface area contributed by atoms with Gasteiger partial charge in [-0.3, -0.25) is 9.52 Å². The number of nitrogens with zero attached hydrogens (tertiary/aromatic N) is 1. The number of sulfonamides is 1. The average Bonchev–Trinajstić information content (AvgIpc) is 3.29. The summed E-state index contributed by atoms with van der Waals surface area (Å²) in [5, 5.41) is 2.80. The Morgan fingerprint density at radius 2 is 1.58 bits per heavy atom. The van der Waals surface area contributed by atoms with Gasteiger partial charge in [0.15, 0.2) is 11.7 Å². The Morgan fingerprint density at radius 1 is 0.879 bits per heavy atom. The number of anilines is 2. The van der Waals surface area contributed by atoms with Crippen LogP contribution in [0.4, 0.5) is 11.4 Å². The molecule has 0 aliphatic heterocycles. The van der Waals surface area contributed by atoms with Gasteiger partial charge in [0.2, 0.25) is 5.91 Å². The highest BCUT2D eigenvalue weighted by Crippen LogP contribution is 2.21. The topological polar surface area (TPSA) is 101 Å². The van der Waals surface area contributed by atoms with Crippen LogP contribution in [-0.2, 0) is 21.2 Å². The molecule has 0 atom stereocenters. The molecule has 0 fully saturated rings. The molecule has 168 valence electrons.